The van der Waals surface area contributed by atoms with E-state index in [1.54, 1.807) is 13.0 Å². The molecule has 0 aliphatic carbocycles. The van der Waals surface area contributed by atoms with Gasteiger partial charge in [0.05, 0.1) is 19.1 Å². The van der Waals surface area contributed by atoms with E-state index in [0.717, 1.165) is 12.8 Å². The smallest absolute Gasteiger partial charge is 0.313 e. The van der Waals surface area contributed by atoms with Crippen LogP contribution in [-0.4, -0.2) is 25.5 Å². The number of carbonyl (C=O) groups is 1. The highest BCUT2D eigenvalue weighted by Crippen LogP contribution is 2.35. The van der Waals surface area contributed by atoms with Gasteiger partial charge in [-0.1, -0.05) is 0 Å². The van der Waals surface area contributed by atoms with Crippen LogP contribution in [0.4, 0.5) is 0 Å². The van der Waals surface area contributed by atoms with E-state index in [1.165, 1.54) is 0 Å². The van der Waals surface area contributed by atoms with E-state index in [9.17, 15) is 4.79 Å². The van der Waals surface area contributed by atoms with Gasteiger partial charge in [-0.25, -0.2) is 0 Å². The standard InChI is InChI=1S/C12H15NO4/c1-2-15-11(14)10-6-8(7-13)17-12-9(10)4-3-5-16-12/h6,9-10,12H,2-5H2,1H3/t9-,10-,12+/m1/s1. The van der Waals surface area contributed by atoms with Crippen molar-refractivity contribution in [3.05, 3.63) is 11.8 Å². The average Bonchev–Trinajstić information content (AvgIpc) is 2.37. The zero-order chi connectivity index (χ0) is 12.3. The summed E-state index contributed by atoms with van der Waals surface area (Å²) in [5.41, 5.74) is 0. The fourth-order valence-electron chi connectivity index (χ4n) is 2.24. The molecule has 2 rings (SSSR count). The molecule has 0 amide bonds. The Morgan fingerprint density at radius 1 is 1.71 bits per heavy atom. The van der Waals surface area contributed by atoms with E-state index < -0.39 is 12.2 Å². The maximum atomic E-state index is 11.8. The van der Waals surface area contributed by atoms with Crippen molar-refractivity contribution in [3.8, 4) is 6.07 Å². The monoisotopic (exact) mass is 237 g/mol. The SMILES string of the molecule is CCOC(=O)[C@@H]1C=C(C#N)O[C@@H]2OCCC[C@@H]21. The van der Waals surface area contributed by atoms with Gasteiger partial charge in [-0.2, -0.15) is 5.26 Å². The quantitative estimate of drug-likeness (QED) is 0.678. The molecular weight excluding hydrogens is 222 g/mol. The van der Waals surface area contributed by atoms with E-state index in [0.29, 0.717) is 13.2 Å². The Bertz CT molecular complexity index is 371. The summed E-state index contributed by atoms with van der Waals surface area (Å²) >= 11 is 0. The van der Waals surface area contributed by atoms with Crippen LogP contribution in [0.25, 0.3) is 0 Å². The van der Waals surface area contributed by atoms with Crippen molar-refractivity contribution in [3.63, 3.8) is 0 Å². The predicted molar refractivity (Wildman–Crippen MR) is 57.4 cm³/mol. The number of fused-ring (bicyclic) bond motifs is 1. The summed E-state index contributed by atoms with van der Waals surface area (Å²) in [6, 6.07) is 1.92. The molecule has 3 atom stereocenters. The van der Waals surface area contributed by atoms with Crippen LogP contribution in [0.15, 0.2) is 11.8 Å². The van der Waals surface area contributed by atoms with Crippen LogP contribution >= 0.6 is 0 Å². The number of allylic oxidation sites excluding steroid dienone is 1. The molecule has 0 bridgehead atoms. The van der Waals surface area contributed by atoms with Gasteiger partial charge in [0.15, 0.2) is 5.76 Å². The number of rotatable bonds is 2. The summed E-state index contributed by atoms with van der Waals surface area (Å²) in [5, 5.41) is 8.86. The molecule has 5 heteroatoms. The number of ether oxygens (including phenoxy) is 3. The van der Waals surface area contributed by atoms with Gasteiger partial charge in [0.25, 0.3) is 0 Å². The van der Waals surface area contributed by atoms with Crippen LogP contribution < -0.4 is 0 Å². The second kappa shape index (κ2) is 5.19. The second-order valence-electron chi connectivity index (χ2n) is 4.08. The molecule has 0 aromatic heterocycles. The Kier molecular flexibility index (Phi) is 3.64. The fraction of sp³-hybridized carbons (Fsp3) is 0.667. The van der Waals surface area contributed by atoms with Gasteiger partial charge in [-0.05, 0) is 25.8 Å². The molecule has 0 spiro atoms. The molecule has 0 N–H and O–H groups in total. The topological polar surface area (TPSA) is 68.6 Å². The van der Waals surface area contributed by atoms with E-state index in [2.05, 4.69) is 0 Å². The molecule has 2 aliphatic rings. The number of nitriles is 1. The highest BCUT2D eigenvalue weighted by Gasteiger charge is 2.41. The lowest BCUT2D eigenvalue weighted by atomic mass is 9.84. The largest absolute Gasteiger partial charge is 0.466 e. The maximum absolute atomic E-state index is 11.8. The minimum absolute atomic E-state index is 0.0418. The van der Waals surface area contributed by atoms with E-state index >= 15 is 0 Å². The molecule has 1 saturated heterocycles. The molecule has 2 aliphatic heterocycles. The van der Waals surface area contributed by atoms with Crippen LogP contribution in [0.1, 0.15) is 19.8 Å². The van der Waals surface area contributed by atoms with Crippen LogP contribution in [0.2, 0.25) is 0 Å². The third kappa shape index (κ3) is 2.42. The van der Waals surface area contributed by atoms with Gasteiger partial charge >= 0.3 is 5.97 Å². The molecule has 0 saturated carbocycles. The summed E-state index contributed by atoms with van der Waals surface area (Å²) in [4.78, 5) is 11.8. The Morgan fingerprint density at radius 3 is 3.24 bits per heavy atom. The van der Waals surface area contributed by atoms with Crippen LogP contribution in [-0.2, 0) is 19.0 Å². The Morgan fingerprint density at radius 2 is 2.53 bits per heavy atom. The lowest BCUT2D eigenvalue weighted by Gasteiger charge is -2.37. The van der Waals surface area contributed by atoms with Gasteiger partial charge < -0.3 is 14.2 Å². The van der Waals surface area contributed by atoms with Crippen LogP contribution in [0.5, 0.6) is 0 Å². The summed E-state index contributed by atoms with van der Waals surface area (Å²) in [6.45, 7) is 2.71. The van der Waals surface area contributed by atoms with Crippen molar-refractivity contribution in [1.82, 2.24) is 0 Å². The van der Waals surface area contributed by atoms with Crippen molar-refractivity contribution in [2.24, 2.45) is 11.8 Å². The van der Waals surface area contributed by atoms with Crippen LogP contribution in [0, 0.1) is 23.2 Å². The summed E-state index contributed by atoms with van der Waals surface area (Å²) < 4.78 is 15.8. The fourth-order valence-corrected chi connectivity index (χ4v) is 2.24. The molecule has 2 heterocycles. The summed E-state index contributed by atoms with van der Waals surface area (Å²) in [5.74, 6) is -0.626. The molecule has 92 valence electrons. The third-order valence-electron chi connectivity index (χ3n) is 3.02. The minimum atomic E-state index is -0.488. The molecule has 5 nitrogen and oxygen atoms in total. The lowest BCUT2D eigenvalue weighted by molar-refractivity contribution is -0.194. The summed E-state index contributed by atoms with van der Waals surface area (Å²) in [6.07, 6.45) is 2.81. The Hall–Kier alpha value is -1.54. The second-order valence-corrected chi connectivity index (χ2v) is 4.08. The number of esters is 1. The van der Waals surface area contributed by atoms with E-state index in [-0.39, 0.29) is 17.6 Å². The average molecular weight is 237 g/mol. The first-order valence-corrected chi connectivity index (χ1v) is 5.83. The highest BCUT2D eigenvalue weighted by atomic mass is 16.7. The van der Waals surface area contributed by atoms with Gasteiger partial charge in [0, 0.05) is 5.92 Å². The first-order chi connectivity index (χ1) is 8.26. The van der Waals surface area contributed by atoms with Crippen molar-refractivity contribution in [2.75, 3.05) is 13.2 Å². The van der Waals surface area contributed by atoms with Gasteiger partial charge in [-0.15, -0.1) is 0 Å². The number of carbonyl (C=O) groups excluding carboxylic acids is 1. The van der Waals surface area contributed by atoms with Gasteiger partial charge in [-0.3, -0.25) is 4.79 Å². The number of hydrogen-bond donors (Lipinski definition) is 0. The molecule has 0 radical (unpaired) electrons. The molecule has 1 fully saturated rings. The molecule has 0 aromatic carbocycles. The van der Waals surface area contributed by atoms with Gasteiger partial charge in [0.2, 0.25) is 6.29 Å². The van der Waals surface area contributed by atoms with Crippen molar-refractivity contribution < 1.29 is 19.0 Å². The maximum Gasteiger partial charge on any atom is 0.313 e. The predicted octanol–water partition coefficient (Wildman–Crippen LogP) is 1.36. The Labute approximate surface area is 99.9 Å². The molecule has 0 aromatic rings. The zero-order valence-corrected chi connectivity index (χ0v) is 9.72. The lowest BCUT2D eigenvalue weighted by Crippen LogP contribution is -2.42. The normalized spacial score (nSPS) is 31.5. The van der Waals surface area contributed by atoms with Crippen molar-refractivity contribution >= 4 is 5.97 Å². The molecule has 0 unspecified atom stereocenters. The Balaban J connectivity index is 2.20. The molecular formula is C12H15NO4. The zero-order valence-electron chi connectivity index (χ0n) is 9.72. The summed E-state index contributed by atoms with van der Waals surface area (Å²) in [7, 11) is 0. The third-order valence-corrected chi connectivity index (χ3v) is 3.02. The highest BCUT2D eigenvalue weighted by molar-refractivity contribution is 5.75. The van der Waals surface area contributed by atoms with Crippen molar-refractivity contribution in [1.29, 1.82) is 5.26 Å². The minimum Gasteiger partial charge on any atom is -0.466 e. The first kappa shape index (κ1) is 11.9. The van der Waals surface area contributed by atoms with E-state index in [4.69, 9.17) is 19.5 Å². The van der Waals surface area contributed by atoms with Gasteiger partial charge in [0.1, 0.15) is 6.07 Å². The number of hydrogen-bond acceptors (Lipinski definition) is 5. The first-order valence-electron chi connectivity index (χ1n) is 5.83. The van der Waals surface area contributed by atoms with Crippen molar-refractivity contribution in [2.45, 2.75) is 26.1 Å². The molecule has 17 heavy (non-hydrogen) atoms. The number of nitrogens with zero attached hydrogens (tertiary/aromatic N) is 1. The van der Waals surface area contributed by atoms with Crippen LogP contribution in [0.3, 0.4) is 0 Å². The van der Waals surface area contributed by atoms with E-state index in [1.807, 2.05) is 6.07 Å².